The molecule has 1 N–H and O–H groups in total. The number of aromatic amines is 1. The molecule has 0 amide bonds. The van der Waals surface area contributed by atoms with Crippen LogP contribution in [0, 0.1) is 0 Å². The molecule has 0 spiro atoms. The van der Waals surface area contributed by atoms with Gasteiger partial charge in [0.25, 0.3) is 0 Å². The normalized spacial score (nSPS) is 11.6. The first-order chi connectivity index (χ1) is 7.90. The number of allylic oxidation sites excluding steroid dienone is 1. The average Bonchev–Trinajstić information content (AvgIpc) is 2.71. The topological polar surface area (TPSA) is 15.8 Å². The first-order valence-corrected chi connectivity index (χ1v) is 6.14. The largest absolute Gasteiger partial charge is 0.355 e. The fourth-order valence-electron chi connectivity index (χ4n) is 1.91. The number of hydrogen-bond donors (Lipinski definition) is 1. The van der Waals surface area contributed by atoms with Gasteiger partial charge in [-0.15, -0.1) is 0 Å². The number of unbranched alkanes of at least 4 members (excludes halogenated alkanes) is 3. The Bertz CT molecular complexity index is 432. The molecule has 0 fully saturated rings. The van der Waals surface area contributed by atoms with Crippen molar-refractivity contribution in [1.29, 1.82) is 0 Å². The van der Waals surface area contributed by atoms with Crippen LogP contribution in [0.1, 0.15) is 38.3 Å². The van der Waals surface area contributed by atoms with Crippen molar-refractivity contribution < 1.29 is 0 Å². The summed E-state index contributed by atoms with van der Waals surface area (Å²) >= 11 is 0. The predicted molar refractivity (Wildman–Crippen MR) is 71.5 cm³/mol. The highest BCUT2D eigenvalue weighted by Gasteiger charge is 1.95. The lowest BCUT2D eigenvalue weighted by atomic mass is 10.2. The number of hydrogen-bond acceptors (Lipinski definition) is 0. The molecule has 1 heterocycles. The third-order valence-electron chi connectivity index (χ3n) is 2.82. The Hall–Kier alpha value is -1.50. The van der Waals surface area contributed by atoms with Crippen molar-refractivity contribution >= 4 is 17.0 Å². The van der Waals surface area contributed by atoms with Gasteiger partial charge in [-0.1, -0.05) is 44.0 Å². The summed E-state index contributed by atoms with van der Waals surface area (Å²) in [5.41, 5.74) is 2.42. The van der Waals surface area contributed by atoms with Gasteiger partial charge in [-0.05, 0) is 36.4 Å². The summed E-state index contributed by atoms with van der Waals surface area (Å²) < 4.78 is 0. The molecule has 0 aliphatic heterocycles. The van der Waals surface area contributed by atoms with Crippen LogP contribution >= 0.6 is 0 Å². The van der Waals surface area contributed by atoms with E-state index >= 15 is 0 Å². The summed E-state index contributed by atoms with van der Waals surface area (Å²) in [6.45, 7) is 2.24. The molecule has 16 heavy (non-hydrogen) atoms. The van der Waals surface area contributed by atoms with Crippen LogP contribution in [0.3, 0.4) is 0 Å². The van der Waals surface area contributed by atoms with Crippen LogP contribution in [0.15, 0.2) is 36.4 Å². The van der Waals surface area contributed by atoms with Gasteiger partial charge in [-0.2, -0.15) is 0 Å². The fourth-order valence-corrected chi connectivity index (χ4v) is 1.91. The van der Waals surface area contributed by atoms with E-state index in [1.807, 2.05) is 0 Å². The molecule has 0 radical (unpaired) electrons. The average molecular weight is 213 g/mol. The van der Waals surface area contributed by atoms with Gasteiger partial charge in [-0.25, -0.2) is 0 Å². The fraction of sp³-hybridized carbons (Fsp3) is 0.333. The summed E-state index contributed by atoms with van der Waals surface area (Å²) in [7, 11) is 0. The molecule has 1 heteroatoms. The SMILES string of the molecule is CCCCC/C=C/c1cc2ccccc2[nH]1. The van der Waals surface area contributed by atoms with Gasteiger partial charge in [0.05, 0.1) is 0 Å². The molecule has 1 aromatic carbocycles. The summed E-state index contributed by atoms with van der Waals surface area (Å²) in [4.78, 5) is 3.40. The number of benzene rings is 1. The van der Waals surface area contributed by atoms with Crippen LogP contribution in [0.2, 0.25) is 0 Å². The van der Waals surface area contributed by atoms with E-state index in [0.717, 1.165) is 0 Å². The molecule has 0 bridgehead atoms. The van der Waals surface area contributed by atoms with Crippen LogP contribution in [-0.2, 0) is 0 Å². The first-order valence-electron chi connectivity index (χ1n) is 6.14. The van der Waals surface area contributed by atoms with E-state index < -0.39 is 0 Å². The molecule has 0 aliphatic carbocycles. The van der Waals surface area contributed by atoms with Gasteiger partial charge in [0.1, 0.15) is 0 Å². The molecule has 1 nitrogen and oxygen atoms in total. The van der Waals surface area contributed by atoms with Gasteiger partial charge >= 0.3 is 0 Å². The Morgan fingerprint density at radius 3 is 2.88 bits per heavy atom. The molecule has 1 aromatic heterocycles. The van der Waals surface area contributed by atoms with Gasteiger partial charge < -0.3 is 4.98 Å². The lowest BCUT2D eigenvalue weighted by Crippen LogP contribution is -1.72. The van der Waals surface area contributed by atoms with E-state index in [0.29, 0.717) is 0 Å². The van der Waals surface area contributed by atoms with Crippen LogP contribution in [0.25, 0.3) is 17.0 Å². The van der Waals surface area contributed by atoms with Crippen molar-refractivity contribution in [2.75, 3.05) is 0 Å². The Balaban J connectivity index is 1.98. The quantitative estimate of drug-likeness (QED) is 0.689. The number of nitrogens with one attached hydrogen (secondary N) is 1. The Morgan fingerprint density at radius 1 is 1.19 bits per heavy atom. The lowest BCUT2D eigenvalue weighted by Gasteiger charge is -1.91. The minimum absolute atomic E-state index is 1.18. The first kappa shape index (κ1) is 11.0. The minimum atomic E-state index is 1.18. The van der Waals surface area contributed by atoms with E-state index in [2.05, 4.69) is 54.4 Å². The van der Waals surface area contributed by atoms with Gasteiger partial charge in [0, 0.05) is 11.2 Å². The van der Waals surface area contributed by atoms with Crippen molar-refractivity contribution in [2.24, 2.45) is 0 Å². The number of para-hydroxylation sites is 1. The monoisotopic (exact) mass is 213 g/mol. The smallest absolute Gasteiger partial charge is 0.0458 e. The predicted octanol–water partition coefficient (Wildman–Crippen LogP) is 4.76. The van der Waals surface area contributed by atoms with Crippen LogP contribution in [-0.4, -0.2) is 4.98 Å². The number of H-pyrrole nitrogens is 1. The molecule has 84 valence electrons. The van der Waals surface area contributed by atoms with Crippen molar-refractivity contribution in [3.8, 4) is 0 Å². The van der Waals surface area contributed by atoms with E-state index in [9.17, 15) is 0 Å². The Kier molecular flexibility index (Phi) is 3.81. The number of fused-ring (bicyclic) bond motifs is 1. The molecule has 0 atom stereocenters. The van der Waals surface area contributed by atoms with Gasteiger partial charge in [0.2, 0.25) is 0 Å². The van der Waals surface area contributed by atoms with Crippen molar-refractivity contribution in [3.63, 3.8) is 0 Å². The number of aromatic nitrogens is 1. The van der Waals surface area contributed by atoms with E-state index in [4.69, 9.17) is 0 Å². The zero-order chi connectivity index (χ0) is 11.2. The molecule has 2 aromatic rings. The summed E-state index contributed by atoms with van der Waals surface area (Å²) in [6.07, 6.45) is 9.56. The second kappa shape index (κ2) is 5.55. The molecule has 0 saturated carbocycles. The van der Waals surface area contributed by atoms with Gasteiger partial charge in [-0.3, -0.25) is 0 Å². The summed E-state index contributed by atoms with van der Waals surface area (Å²) in [5, 5.41) is 1.29. The van der Waals surface area contributed by atoms with Gasteiger partial charge in [0.15, 0.2) is 0 Å². The maximum atomic E-state index is 3.40. The van der Waals surface area contributed by atoms with E-state index in [1.54, 1.807) is 0 Å². The van der Waals surface area contributed by atoms with E-state index in [-0.39, 0.29) is 0 Å². The van der Waals surface area contributed by atoms with Crippen molar-refractivity contribution in [3.05, 3.63) is 42.1 Å². The molecular weight excluding hydrogens is 194 g/mol. The Morgan fingerprint density at radius 2 is 2.06 bits per heavy atom. The highest BCUT2D eigenvalue weighted by atomic mass is 14.7. The standard InChI is InChI=1S/C15H19N/c1-2-3-4-5-6-10-14-12-13-9-7-8-11-15(13)16-14/h6-12,16H,2-5H2,1H3/b10-6+. The molecule has 2 rings (SSSR count). The maximum absolute atomic E-state index is 3.40. The third-order valence-corrected chi connectivity index (χ3v) is 2.82. The second-order valence-corrected chi connectivity index (χ2v) is 4.21. The van der Waals surface area contributed by atoms with E-state index in [1.165, 1.54) is 42.3 Å². The zero-order valence-corrected chi connectivity index (χ0v) is 9.87. The molecule has 0 saturated heterocycles. The van der Waals surface area contributed by atoms with Crippen LogP contribution in [0.5, 0.6) is 0 Å². The maximum Gasteiger partial charge on any atom is 0.0458 e. The summed E-state index contributed by atoms with van der Waals surface area (Å²) in [5.74, 6) is 0. The lowest BCUT2D eigenvalue weighted by molar-refractivity contribution is 0.730. The third kappa shape index (κ3) is 2.75. The Labute approximate surface area is 97.2 Å². The van der Waals surface area contributed by atoms with Crippen molar-refractivity contribution in [2.45, 2.75) is 32.6 Å². The molecular formula is C15H19N. The number of rotatable bonds is 5. The zero-order valence-electron chi connectivity index (χ0n) is 9.87. The second-order valence-electron chi connectivity index (χ2n) is 4.21. The van der Waals surface area contributed by atoms with Crippen molar-refractivity contribution in [1.82, 2.24) is 4.98 Å². The summed E-state index contributed by atoms with van der Waals surface area (Å²) in [6, 6.07) is 10.6. The van der Waals surface area contributed by atoms with Crippen LogP contribution < -0.4 is 0 Å². The minimum Gasteiger partial charge on any atom is -0.355 e. The molecule has 0 unspecified atom stereocenters. The highest BCUT2D eigenvalue weighted by Crippen LogP contribution is 2.15. The molecule has 0 aliphatic rings. The highest BCUT2D eigenvalue weighted by molar-refractivity contribution is 5.82. The van der Waals surface area contributed by atoms with Crippen LogP contribution in [0.4, 0.5) is 0 Å².